The predicted octanol–water partition coefficient (Wildman–Crippen LogP) is 7.46. The van der Waals surface area contributed by atoms with Crippen LogP contribution in [0, 0.1) is 0 Å². The molecule has 0 saturated carbocycles. The quantitative estimate of drug-likeness (QED) is 0.521. The number of hydrogen-bond donors (Lipinski definition) is 0. The third-order valence-corrected chi connectivity index (χ3v) is 7.47. The molecule has 1 aliphatic carbocycles. The summed E-state index contributed by atoms with van der Waals surface area (Å²) in [5.74, 6) is 1.04. The number of benzene rings is 2. The minimum atomic E-state index is 0.124. The third kappa shape index (κ3) is 2.98. The van der Waals surface area contributed by atoms with Crippen LogP contribution in [0.2, 0.25) is 5.02 Å². The van der Waals surface area contributed by atoms with E-state index in [4.69, 9.17) is 11.6 Å². The molecule has 150 valence electrons. The van der Waals surface area contributed by atoms with E-state index < -0.39 is 0 Å². The van der Waals surface area contributed by atoms with Crippen molar-refractivity contribution >= 4 is 17.3 Å². The van der Waals surface area contributed by atoms with Crippen LogP contribution in [0.5, 0.6) is 0 Å². The summed E-state index contributed by atoms with van der Waals surface area (Å²) in [6.07, 6.45) is 3.52. The Morgan fingerprint density at radius 1 is 0.929 bits per heavy atom. The molecule has 28 heavy (non-hydrogen) atoms. The van der Waals surface area contributed by atoms with Crippen molar-refractivity contribution in [2.45, 2.75) is 83.6 Å². The zero-order chi connectivity index (χ0) is 20.3. The minimum Gasteiger partial charge on any atom is -0.365 e. The average molecular weight is 396 g/mol. The van der Waals surface area contributed by atoms with Crippen molar-refractivity contribution in [1.82, 2.24) is 0 Å². The van der Waals surface area contributed by atoms with Gasteiger partial charge >= 0.3 is 0 Å². The lowest BCUT2D eigenvalue weighted by molar-refractivity contribution is 0.414. The molecule has 2 aromatic carbocycles. The number of halogens is 1. The van der Waals surface area contributed by atoms with Gasteiger partial charge in [-0.05, 0) is 73.3 Å². The molecule has 0 radical (unpaired) electrons. The van der Waals surface area contributed by atoms with Crippen LogP contribution in [0.4, 0.5) is 5.69 Å². The molecule has 0 unspecified atom stereocenters. The Morgan fingerprint density at radius 3 is 2.14 bits per heavy atom. The third-order valence-electron chi connectivity index (χ3n) is 7.12. The van der Waals surface area contributed by atoms with Gasteiger partial charge in [-0.1, -0.05) is 69.6 Å². The van der Waals surface area contributed by atoms with Crippen molar-refractivity contribution in [3.63, 3.8) is 0 Å². The van der Waals surface area contributed by atoms with Crippen molar-refractivity contribution in [1.29, 1.82) is 0 Å². The van der Waals surface area contributed by atoms with Crippen LogP contribution < -0.4 is 4.90 Å². The Labute approximate surface area is 176 Å². The lowest BCUT2D eigenvalue weighted by Gasteiger charge is -2.38. The van der Waals surface area contributed by atoms with Crippen LogP contribution in [0.25, 0.3) is 0 Å². The first-order chi connectivity index (χ1) is 13.2. The van der Waals surface area contributed by atoms with Gasteiger partial charge in [0.2, 0.25) is 0 Å². The van der Waals surface area contributed by atoms with E-state index in [9.17, 15) is 0 Å². The Kier molecular flexibility index (Phi) is 4.82. The fourth-order valence-electron chi connectivity index (χ4n) is 5.86. The molecular weight excluding hydrogens is 362 g/mol. The van der Waals surface area contributed by atoms with E-state index in [0.29, 0.717) is 11.8 Å². The summed E-state index contributed by atoms with van der Waals surface area (Å²) >= 11 is 6.58. The second-order valence-corrected chi connectivity index (χ2v) is 10.6. The zero-order valence-electron chi connectivity index (χ0n) is 18.3. The van der Waals surface area contributed by atoms with Gasteiger partial charge in [0.05, 0.1) is 0 Å². The van der Waals surface area contributed by atoms with Crippen LogP contribution >= 0.6 is 11.6 Å². The Bertz CT molecular complexity index is 869. The number of nitrogens with zero attached hydrogens (tertiary/aromatic N) is 1. The first kappa shape index (κ1) is 19.8. The van der Waals surface area contributed by atoms with Crippen LogP contribution in [-0.4, -0.2) is 12.1 Å². The van der Waals surface area contributed by atoms with E-state index in [0.717, 1.165) is 18.0 Å². The number of hydrogen-bond acceptors (Lipinski definition) is 1. The van der Waals surface area contributed by atoms with Crippen molar-refractivity contribution in [3.8, 4) is 0 Å². The van der Waals surface area contributed by atoms with Gasteiger partial charge in [0.15, 0.2) is 0 Å². The fraction of sp³-hybridized carbons (Fsp3) is 0.538. The lowest BCUT2D eigenvalue weighted by atomic mass is 9.77. The molecule has 2 aromatic rings. The van der Waals surface area contributed by atoms with E-state index in [1.165, 1.54) is 40.8 Å². The van der Waals surface area contributed by atoms with Crippen molar-refractivity contribution in [2.75, 3.05) is 11.4 Å². The van der Waals surface area contributed by atoms with Crippen molar-refractivity contribution in [2.24, 2.45) is 0 Å². The van der Waals surface area contributed by atoms with E-state index in [1.54, 1.807) is 0 Å². The maximum atomic E-state index is 6.58. The fourth-order valence-corrected chi connectivity index (χ4v) is 6.13. The van der Waals surface area contributed by atoms with Gasteiger partial charge in [-0.15, -0.1) is 0 Å². The summed E-state index contributed by atoms with van der Waals surface area (Å²) in [7, 11) is 0. The van der Waals surface area contributed by atoms with Crippen molar-refractivity contribution in [3.05, 3.63) is 63.7 Å². The molecule has 1 fully saturated rings. The van der Waals surface area contributed by atoms with E-state index in [2.05, 4.69) is 82.8 Å². The van der Waals surface area contributed by atoms with Gasteiger partial charge in [0.25, 0.3) is 0 Å². The maximum absolute atomic E-state index is 6.58. The molecule has 4 rings (SSSR count). The predicted molar refractivity (Wildman–Crippen MR) is 122 cm³/mol. The minimum absolute atomic E-state index is 0.124. The second-order valence-electron chi connectivity index (χ2n) is 10.2. The number of para-hydroxylation sites is 1. The summed E-state index contributed by atoms with van der Waals surface area (Å²) in [5.41, 5.74) is 7.71. The molecule has 0 N–H and O–H groups in total. The molecule has 1 aliphatic heterocycles. The van der Waals surface area contributed by atoms with Gasteiger partial charge in [-0.3, -0.25) is 0 Å². The zero-order valence-corrected chi connectivity index (χ0v) is 19.0. The Balaban J connectivity index is 1.85. The topological polar surface area (TPSA) is 3.24 Å². The van der Waals surface area contributed by atoms with E-state index in [1.807, 2.05) is 0 Å². The summed E-state index contributed by atoms with van der Waals surface area (Å²) in [6.45, 7) is 15.3. The van der Waals surface area contributed by atoms with E-state index in [-0.39, 0.29) is 11.0 Å². The van der Waals surface area contributed by atoms with Gasteiger partial charge in [-0.2, -0.15) is 0 Å². The highest BCUT2D eigenvalue weighted by molar-refractivity contribution is 6.31. The van der Waals surface area contributed by atoms with Crippen LogP contribution in [-0.2, 0) is 11.8 Å². The summed E-state index contributed by atoms with van der Waals surface area (Å²) in [4.78, 5) is 2.74. The molecule has 1 atom stereocenters. The molecule has 2 aliphatic rings. The standard InChI is InChI=1S/C26H34ClN/c1-17(2)19-9-7-10-20(18(3)4)24(19)28-16-26(15-25(28,5)6)14-13-21-22(26)11-8-12-23(21)27/h7-12,17-18H,13-16H2,1-6H3/t26-/m0/s1. The summed E-state index contributed by atoms with van der Waals surface area (Å²) < 4.78 is 0. The van der Waals surface area contributed by atoms with Crippen LogP contribution in [0.1, 0.15) is 88.5 Å². The molecule has 0 amide bonds. The Hall–Kier alpha value is -1.47. The first-order valence-electron chi connectivity index (χ1n) is 10.8. The SMILES string of the molecule is CC(C)c1cccc(C(C)C)c1N1C[C@]2(CCc3c(Cl)cccc32)CC1(C)C. The molecule has 2 heteroatoms. The highest BCUT2D eigenvalue weighted by Crippen LogP contribution is 2.54. The smallest absolute Gasteiger partial charge is 0.0441 e. The van der Waals surface area contributed by atoms with Gasteiger partial charge in [-0.25, -0.2) is 0 Å². The highest BCUT2D eigenvalue weighted by atomic mass is 35.5. The summed E-state index contributed by atoms with van der Waals surface area (Å²) in [6, 6.07) is 13.5. The number of fused-ring (bicyclic) bond motifs is 2. The second kappa shape index (κ2) is 6.80. The van der Waals surface area contributed by atoms with Gasteiger partial charge < -0.3 is 4.90 Å². The number of anilines is 1. The number of rotatable bonds is 3. The molecule has 1 saturated heterocycles. The molecule has 1 spiro atoms. The lowest BCUT2D eigenvalue weighted by Crippen LogP contribution is -2.39. The van der Waals surface area contributed by atoms with Crippen LogP contribution in [0.3, 0.4) is 0 Å². The summed E-state index contributed by atoms with van der Waals surface area (Å²) in [5, 5.41) is 0.955. The normalized spacial score (nSPS) is 23.2. The maximum Gasteiger partial charge on any atom is 0.0441 e. The molecule has 0 bridgehead atoms. The highest BCUT2D eigenvalue weighted by Gasteiger charge is 2.52. The first-order valence-corrected chi connectivity index (χ1v) is 11.2. The van der Waals surface area contributed by atoms with Gasteiger partial charge in [0.1, 0.15) is 0 Å². The largest absolute Gasteiger partial charge is 0.365 e. The molecule has 1 heterocycles. The van der Waals surface area contributed by atoms with Gasteiger partial charge in [0, 0.05) is 28.2 Å². The monoisotopic (exact) mass is 395 g/mol. The molecule has 1 nitrogen and oxygen atoms in total. The average Bonchev–Trinajstić information content (AvgIpc) is 3.11. The van der Waals surface area contributed by atoms with Crippen LogP contribution in [0.15, 0.2) is 36.4 Å². The molecule has 0 aromatic heterocycles. The molecular formula is C26H34ClN. The Morgan fingerprint density at radius 2 is 1.54 bits per heavy atom. The van der Waals surface area contributed by atoms with E-state index >= 15 is 0 Å². The van der Waals surface area contributed by atoms with Crippen molar-refractivity contribution < 1.29 is 0 Å².